The molecule has 0 radical (unpaired) electrons. The minimum absolute atomic E-state index is 0.111. The Hall–Kier alpha value is -1.55. The Morgan fingerprint density at radius 2 is 1.95 bits per heavy atom. The lowest BCUT2D eigenvalue weighted by Crippen LogP contribution is -2.37. The number of nitrogens with one attached hydrogen (secondary N) is 1. The minimum atomic E-state index is -0.538. The van der Waals surface area contributed by atoms with Crippen molar-refractivity contribution < 1.29 is 9.59 Å². The summed E-state index contributed by atoms with van der Waals surface area (Å²) in [4.78, 5) is 26.0. The molecule has 2 fully saturated rings. The number of anilines is 1. The number of carbonyl (C=O) groups is 2. The second kappa shape index (κ2) is 5.44. The summed E-state index contributed by atoms with van der Waals surface area (Å²) in [5.41, 5.74) is 0.803. The molecule has 106 valence electrons. The van der Waals surface area contributed by atoms with Gasteiger partial charge in [-0.15, -0.1) is 0 Å². The Balaban J connectivity index is 1.63. The fraction of sp³-hybridized carbons (Fsp3) is 0.467. The van der Waals surface area contributed by atoms with Gasteiger partial charge in [-0.25, -0.2) is 0 Å². The fourth-order valence-corrected chi connectivity index (χ4v) is 2.62. The highest BCUT2D eigenvalue weighted by atomic mass is 35.5. The van der Waals surface area contributed by atoms with Gasteiger partial charge in [0, 0.05) is 23.8 Å². The van der Waals surface area contributed by atoms with Gasteiger partial charge in [-0.2, -0.15) is 0 Å². The summed E-state index contributed by atoms with van der Waals surface area (Å²) in [6.45, 7) is 1.30. The average Bonchev–Trinajstić information content (AvgIpc) is 3.19. The van der Waals surface area contributed by atoms with E-state index in [1.54, 1.807) is 17.0 Å². The molecular formula is C15H17ClN2O2. The zero-order valence-corrected chi connectivity index (χ0v) is 11.9. The molecule has 3 rings (SSSR count). The lowest BCUT2D eigenvalue weighted by Gasteiger charge is -2.16. The molecule has 2 amide bonds. The highest BCUT2D eigenvalue weighted by Crippen LogP contribution is 2.29. The zero-order valence-electron chi connectivity index (χ0n) is 11.1. The molecule has 1 aliphatic heterocycles. The van der Waals surface area contributed by atoms with E-state index in [0.29, 0.717) is 30.5 Å². The van der Waals surface area contributed by atoms with Gasteiger partial charge in [-0.3, -0.25) is 9.59 Å². The molecule has 1 N–H and O–H groups in total. The largest absolute Gasteiger partial charge is 0.355 e. The monoisotopic (exact) mass is 292 g/mol. The van der Waals surface area contributed by atoms with E-state index in [0.717, 1.165) is 5.69 Å². The van der Waals surface area contributed by atoms with Crippen LogP contribution in [-0.4, -0.2) is 24.9 Å². The number of halogens is 1. The molecule has 1 aromatic carbocycles. The predicted octanol–water partition coefficient (Wildman–Crippen LogP) is 2.22. The van der Waals surface area contributed by atoms with E-state index >= 15 is 0 Å². The summed E-state index contributed by atoms with van der Waals surface area (Å²) >= 11 is 5.84. The first-order valence-electron chi connectivity index (χ1n) is 7.00. The molecule has 0 bridgehead atoms. The second-order valence-corrected chi connectivity index (χ2v) is 5.93. The summed E-state index contributed by atoms with van der Waals surface area (Å²) in [5, 5.41) is 3.53. The van der Waals surface area contributed by atoms with E-state index < -0.39 is 5.92 Å². The summed E-state index contributed by atoms with van der Waals surface area (Å²) in [7, 11) is 0. The van der Waals surface area contributed by atoms with Crippen LogP contribution in [0.15, 0.2) is 24.3 Å². The Morgan fingerprint density at radius 3 is 2.60 bits per heavy atom. The molecule has 1 aliphatic carbocycles. The first-order chi connectivity index (χ1) is 9.65. The smallest absolute Gasteiger partial charge is 0.239 e. The first kappa shape index (κ1) is 13.4. The number of nitrogens with zero attached hydrogens (tertiary/aromatic N) is 1. The molecule has 0 spiro atoms. The molecule has 1 saturated heterocycles. The number of rotatable bonds is 4. The lowest BCUT2D eigenvalue weighted by molar-refractivity contribution is -0.132. The van der Waals surface area contributed by atoms with Crippen LogP contribution in [0.25, 0.3) is 0 Å². The topological polar surface area (TPSA) is 49.4 Å². The lowest BCUT2D eigenvalue weighted by atomic mass is 10.1. The van der Waals surface area contributed by atoms with E-state index in [-0.39, 0.29) is 11.8 Å². The third-order valence-corrected chi connectivity index (χ3v) is 4.17. The molecule has 1 saturated carbocycles. The number of hydrogen-bond donors (Lipinski definition) is 1. The van der Waals surface area contributed by atoms with Gasteiger partial charge in [0.25, 0.3) is 0 Å². The number of carbonyl (C=O) groups excluding carboxylic acids is 2. The van der Waals surface area contributed by atoms with Crippen molar-refractivity contribution in [3.63, 3.8) is 0 Å². The third kappa shape index (κ3) is 2.80. The number of amides is 2. The van der Waals surface area contributed by atoms with E-state index in [1.807, 2.05) is 12.1 Å². The molecular weight excluding hydrogens is 276 g/mol. The first-order valence-corrected chi connectivity index (χ1v) is 7.37. The van der Waals surface area contributed by atoms with Crippen molar-refractivity contribution in [2.75, 3.05) is 18.0 Å². The van der Waals surface area contributed by atoms with Crippen molar-refractivity contribution in [2.24, 2.45) is 11.8 Å². The fourth-order valence-electron chi connectivity index (χ4n) is 2.49. The van der Waals surface area contributed by atoms with Crippen molar-refractivity contribution in [1.29, 1.82) is 0 Å². The number of benzene rings is 1. The van der Waals surface area contributed by atoms with Crippen LogP contribution in [0.1, 0.15) is 19.3 Å². The molecule has 1 aromatic rings. The van der Waals surface area contributed by atoms with Crippen LogP contribution in [-0.2, 0) is 9.59 Å². The predicted molar refractivity (Wildman–Crippen MR) is 77.6 cm³/mol. The van der Waals surface area contributed by atoms with Crippen molar-refractivity contribution in [1.82, 2.24) is 5.32 Å². The summed E-state index contributed by atoms with van der Waals surface area (Å²) in [6.07, 6.45) is 2.96. The van der Waals surface area contributed by atoms with Gasteiger partial charge in [0.15, 0.2) is 0 Å². The van der Waals surface area contributed by atoms with Crippen molar-refractivity contribution in [2.45, 2.75) is 19.3 Å². The van der Waals surface area contributed by atoms with Crippen LogP contribution in [0.3, 0.4) is 0 Å². The third-order valence-electron chi connectivity index (χ3n) is 3.92. The highest BCUT2D eigenvalue weighted by molar-refractivity contribution is 6.30. The molecule has 5 heteroatoms. The van der Waals surface area contributed by atoms with Crippen LogP contribution in [0.2, 0.25) is 5.02 Å². The Morgan fingerprint density at radius 1 is 1.25 bits per heavy atom. The van der Waals surface area contributed by atoms with E-state index in [1.165, 1.54) is 12.8 Å². The maximum Gasteiger partial charge on any atom is 0.239 e. The molecule has 2 aliphatic rings. The van der Waals surface area contributed by atoms with Crippen LogP contribution in [0.5, 0.6) is 0 Å². The van der Waals surface area contributed by atoms with Crippen LogP contribution in [0.4, 0.5) is 5.69 Å². The van der Waals surface area contributed by atoms with Gasteiger partial charge in [0.05, 0.1) is 0 Å². The molecule has 0 unspecified atom stereocenters. The Kier molecular flexibility index (Phi) is 3.66. The minimum Gasteiger partial charge on any atom is -0.355 e. The van der Waals surface area contributed by atoms with E-state index in [2.05, 4.69) is 5.32 Å². The van der Waals surface area contributed by atoms with Gasteiger partial charge >= 0.3 is 0 Å². The second-order valence-electron chi connectivity index (χ2n) is 5.50. The van der Waals surface area contributed by atoms with E-state index in [4.69, 9.17) is 11.6 Å². The van der Waals surface area contributed by atoms with E-state index in [9.17, 15) is 9.59 Å². The quantitative estimate of drug-likeness (QED) is 0.865. The molecule has 0 aromatic heterocycles. The van der Waals surface area contributed by atoms with Crippen LogP contribution >= 0.6 is 11.6 Å². The molecule has 4 nitrogen and oxygen atoms in total. The standard InChI is InChI=1S/C15H17ClN2O2/c16-11-3-5-12(6-4-11)18-8-7-13(15(18)20)14(19)17-9-10-1-2-10/h3-6,10,13H,1-2,7-9H2,(H,17,19)/t13-/m0/s1. The average molecular weight is 293 g/mol. The Labute approximate surface area is 123 Å². The number of hydrogen-bond acceptors (Lipinski definition) is 2. The molecule has 1 atom stereocenters. The SMILES string of the molecule is O=C(NCC1CC1)[C@@H]1CCN(c2ccc(Cl)cc2)C1=O. The summed E-state index contributed by atoms with van der Waals surface area (Å²) < 4.78 is 0. The summed E-state index contributed by atoms with van der Waals surface area (Å²) in [5.74, 6) is -0.147. The van der Waals surface area contributed by atoms with Crippen LogP contribution in [0, 0.1) is 11.8 Å². The van der Waals surface area contributed by atoms with Crippen molar-refractivity contribution >= 4 is 29.1 Å². The molecule has 1 heterocycles. The van der Waals surface area contributed by atoms with Gasteiger partial charge < -0.3 is 10.2 Å². The summed E-state index contributed by atoms with van der Waals surface area (Å²) in [6, 6.07) is 7.13. The maximum absolute atomic E-state index is 12.3. The maximum atomic E-state index is 12.3. The van der Waals surface area contributed by atoms with Gasteiger partial charge in [0.1, 0.15) is 5.92 Å². The van der Waals surface area contributed by atoms with Gasteiger partial charge in [0.2, 0.25) is 11.8 Å². The van der Waals surface area contributed by atoms with Gasteiger partial charge in [-0.1, -0.05) is 11.6 Å². The van der Waals surface area contributed by atoms with Crippen molar-refractivity contribution in [3.05, 3.63) is 29.3 Å². The molecule has 20 heavy (non-hydrogen) atoms. The van der Waals surface area contributed by atoms with Crippen molar-refractivity contribution in [3.8, 4) is 0 Å². The zero-order chi connectivity index (χ0) is 14.1. The van der Waals surface area contributed by atoms with Gasteiger partial charge in [-0.05, 0) is 49.4 Å². The van der Waals surface area contributed by atoms with Crippen LogP contribution < -0.4 is 10.2 Å². The normalized spacial score (nSPS) is 22.1. The Bertz CT molecular complexity index is 525. The highest BCUT2D eigenvalue weighted by Gasteiger charge is 2.37.